The summed E-state index contributed by atoms with van der Waals surface area (Å²) in [6.07, 6.45) is 1.79. The van der Waals surface area contributed by atoms with E-state index >= 15 is 0 Å². The molecule has 0 saturated heterocycles. The molecular formula is C14H11NO2S2. The lowest BCUT2D eigenvalue weighted by atomic mass is 10.2. The van der Waals surface area contributed by atoms with Gasteiger partial charge >= 0.3 is 5.97 Å². The van der Waals surface area contributed by atoms with Crippen LogP contribution in [0.3, 0.4) is 0 Å². The van der Waals surface area contributed by atoms with Crippen molar-refractivity contribution in [2.24, 2.45) is 4.99 Å². The number of thiophene rings is 2. The molecule has 0 aliphatic carbocycles. The van der Waals surface area contributed by atoms with E-state index in [4.69, 9.17) is 4.74 Å². The highest BCUT2D eigenvalue weighted by Crippen LogP contribution is 2.25. The Bertz CT molecular complexity index is 707. The standard InChI is InChI=1S/C14H11NO2S2/c1-8-5-6-18-12(8)7-10-14(16)17-13(15-10)11-4-3-9(2)19-11/h3-7H,1-2H3/b10-7-. The first-order valence-corrected chi connectivity index (χ1v) is 7.46. The molecule has 0 bridgehead atoms. The molecule has 0 aromatic carbocycles. The predicted molar refractivity (Wildman–Crippen MR) is 78.7 cm³/mol. The van der Waals surface area contributed by atoms with Crippen molar-refractivity contribution in [1.82, 2.24) is 0 Å². The number of nitrogens with zero attached hydrogens (tertiary/aromatic N) is 1. The topological polar surface area (TPSA) is 38.7 Å². The maximum atomic E-state index is 11.8. The lowest BCUT2D eigenvalue weighted by Gasteiger charge is -1.93. The Morgan fingerprint density at radius 2 is 2.11 bits per heavy atom. The summed E-state index contributed by atoms with van der Waals surface area (Å²) < 4.78 is 5.22. The largest absolute Gasteiger partial charge is 0.401 e. The minimum absolute atomic E-state index is 0.367. The van der Waals surface area contributed by atoms with Crippen molar-refractivity contribution in [3.05, 3.63) is 49.5 Å². The number of ether oxygens (including phenoxy) is 1. The number of hydrogen-bond acceptors (Lipinski definition) is 5. The van der Waals surface area contributed by atoms with E-state index in [0.717, 1.165) is 15.3 Å². The van der Waals surface area contributed by atoms with E-state index in [2.05, 4.69) is 4.99 Å². The highest BCUT2D eigenvalue weighted by Gasteiger charge is 2.25. The minimum atomic E-state index is -0.381. The van der Waals surface area contributed by atoms with Crippen LogP contribution in [0.1, 0.15) is 20.2 Å². The van der Waals surface area contributed by atoms with Crippen molar-refractivity contribution >= 4 is 40.6 Å². The molecule has 0 amide bonds. The Balaban J connectivity index is 1.96. The van der Waals surface area contributed by atoms with Crippen molar-refractivity contribution < 1.29 is 9.53 Å². The number of carbonyl (C=O) groups excluding carboxylic acids is 1. The third-order valence-corrected chi connectivity index (χ3v) is 4.70. The Hall–Kier alpha value is -1.72. The lowest BCUT2D eigenvalue weighted by molar-refractivity contribution is -0.129. The monoisotopic (exact) mass is 289 g/mol. The number of rotatable bonds is 2. The SMILES string of the molecule is Cc1ccc(C2=N/C(=C\c3sccc3C)C(=O)O2)s1. The van der Waals surface area contributed by atoms with Crippen LogP contribution >= 0.6 is 22.7 Å². The molecule has 0 N–H and O–H groups in total. The smallest absolute Gasteiger partial charge is 0.363 e. The van der Waals surface area contributed by atoms with Gasteiger partial charge in [-0.2, -0.15) is 0 Å². The Labute approximate surface area is 118 Å². The number of cyclic esters (lactones) is 1. The molecule has 1 aliphatic heterocycles. The first-order chi connectivity index (χ1) is 9.13. The minimum Gasteiger partial charge on any atom is -0.401 e. The molecule has 3 nitrogen and oxygen atoms in total. The number of aliphatic imine (C=N–C) groups is 1. The summed E-state index contributed by atoms with van der Waals surface area (Å²) in [5.41, 5.74) is 1.51. The summed E-state index contributed by atoms with van der Waals surface area (Å²) in [6, 6.07) is 5.93. The first kappa shape index (κ1) is 12.3. The zero-order valence-corrected chi connectivity index (χ0v) is 12.1. The third kappa shape index (κ3) is 2.39. The molecule has 1 aliphatic rings. The van der Waals surface area contributed by atoms with Crippen LogP contribution in [-0.2, 0) is 9.53 Å². The van der Waals surface area contributed by atoms with Crippen LogP contribution in [0.2, 0.25) is 0 Å². The summed E-state index contributed by atoms with van der Waals surface area (Å²) in [6.45, 7) is 4.02. The van der Waals surface area contributed by atoms with Crippen LogP contribution in [0.5, 0.6) is 0 Å². The molecule has 19 heavy (non-hydrogen) atoms. The van der Waals surface area contributed by atoms with E-state index < -0.39 is 0 Å². The predicted octanol–water partition coefficient (Wildman–Crippen LogP) is 3.77. The second-order valence-electron chi connectivity index (χ2n) is 4.21. The van der Waals surface area contributed by atoms with Crippen molar-refractivity contribution in [3.8, 4) is 0 Å². The summed E-state index contributed by atoms with van der Waals surface area (Å²) in [5, 5.41) is 2.00. The van der Waals surface area contributed by atoms with Crippen LogP contribution in [-0.4, -0.2) is 11.9 Å². The normalized spacial score (nSPS) is 16.8. The van der Waals surface area contributed by atoms with E-state index in [9.17, 15) is 4.79 Å². The maximum Gasteiger partial charge on any atom is 0.363 e. The molecule has 0 spiro atoms. The molecule has 0 atom stereocenters. The van der Waals surface area contributed by atoms with Gasteiger partial charge < -0.3 is 4.74 Å². The van der Waals surface area contributed by atoms with Gasteiger partial charge in [-0.1, -0.05) is 0 Å². The third-order valence-electron chi connectivity index (χ3n) is 2.74. The average Bonchev–Trinajstić information content (AvgIpc) is 3.04. The van der Waals surface area contributed by atoms with Gasteiger partial charge in [0.15, 0.2) is 5.70 Å². The Morgan fingerprint density at radius 3 is 2.74 bits per heavy atom. The second-order valence-corrected chi connectivity index (χ2v) is 6.45. The summed E-state index contributed by atoms with van der Waals surface area (Å²) in [7, 11) is 0. The van der Waals surface area contributed by atoms with Crippen LogP contribution < -0.4 is 0 Å². The molecule has 3 rings (SSSR count). The van der Waals surface area contributed by atoms with Gasteiger partial charge in [0.1, 0.15) is 0 Å². The molecule has 2 aromatic heterocycles. The van der Waals surface area contributed by atoms with Crippen molar-refractivity contribution in [2.45, 2.75) is 13.8 Å². The molecule has 5 heteroatoms. The molecular weight excluding hydrogens is 278 g/mol. The van der Waals surface area contributed by atoms with Crippen LogP contribution in [0, 0.1) is 13.8 Å². The fraction of sp³-hybridized carbons (Fsp3) is 0.143. The number of carbonyl (C=O) groups is 1. The van der Waals surface area contributed by atoms with Crippen molar-refractivity contribution in [2.75, 3.05) is 0 Å². The van der Waals surface area contributed by atoms with E-state index in [1.165, 1.54) is 4.88 Å². The molecule has 96 valence electrons. The van der Waals surface area contributed by atoms with E-state index in [1.807, 2.05) is 37.4 Å². The van der Waals surface area contributed by atoms with E-state index in [-0.39, 0.29) is 5.97 Å². The highest BCUT2D eigenvalue weighted by atomic mass is 32.1. The fourth-order valence-electron chi connectivity index (χ4n) is 1.72. The molecule has 3 heterocycles. The van der Waals surface area contributed by atoms with Crippen molar-refractivity contribution in [3.63, 3.8) is 0 Å². The van der Waals surface area contributed by atoms with E-state index in [1.54, 1.807) is 28.7 Å². The first-order valence-electron chi connectivity index (χ1n) is 5.77. The van der Waals surface area contributed by atoms with E-state index in [0.29, 0.717) is 11.6 Å². The summed E-state index contributed by atoms with van der Waals surface area (Å²) >= 11 is 3.16. The summed E-state index contributed by atoms with van der Waals surface area (Å²) in [5.74, 6) is 0.0254. The summed E-state index contributed by atoms with van der Waals surface area (Å²) in [4.78, 5) is 19.2. The van der Waals surface area contributed by atoms with Gasteiger partial charge in [-0.3, -0.25) is 0 Å². The number of esters is 1. The second kappa shape index (κ2) is 4.75. The van der Waals surface area contributed by atoms with Gasteiger partial charge in [0, 0.05) is 9.75 Å². The Kier molecular flexibility index (Phi) is 3.08. The maximum absolute atomic E-state index is 11.8. The average molecular weight is 289 g/mol. The van der Waals surface area contributed by atoms with Gasteiger partial charge in [0.2, 0.25) is 5.90 Å². The van der Waals surface area contributed by atoms with Gasteiger partial charge in [0.25, 0.3) is 0 Å². The van der Waals surface area contributed by atoms with Gasteiger partial charge in [-0.15, -0.1) is 22.7 Å². The number of hydrogen-bond donors (Lipinski definition) is 0. The van der Waals surface area contributed by atoms with Crippen LogP contribution in [0.25, 0.3) is 6.08 Å². The zero-order chi connectivity index (χ0) is 13.4. The van der Waals surface area contributed by atoms with Gasteiger partial charge in [-0.25, -0.2) is 9.79 Å². The molecule has 0 fully saturated rings. The van der Waals surface area contributed by atoms with Crippen LogP contribution in [0.15, 0.2) is 34.3 Å². The van der Waals surface area contributed by atoms with Gasteiger partial charge in [-0.05, 0) is 49.1 Å². The lowest BCUT2D eigenvalue weighted by Crippen LogP contribution is -2.03. The van der Waals surface area contributed by atoms with Crippen molar-refractivity contribution in [1.29, 1.82) is 0 Å². The molecule has 2 aromatic rings. The van der Waals surface area contributed by atoms with Crippen LogP contribution in [0.4, 0.5) is 0 Å². The quantitative estimate of drug-likeness (QED) is 0.623. The van der Waals surface area contributed by atoms with Gasteiger partial charge in [0.05, 0.1) is 4.88 Å². The molecule has 0 unspecified atom stereocenters. The molecule has 0 radical (unpaired) electrons. The zero-order valence-electron chi connectivity index (χ0n) is 10.5. The highest BCUT2D eigenvalue weighted by molar-refractivity contribution is 7.14. The number of aryl methyl sites for hydroxylation is 2. The molecule has 0 saturated carbocycles. The Morgan fingerprint density at radius 1 is 1.26 bits per heavy atom. The fourth-order valence-corrected chi connectivity index (χ4v) is 3.37.